The third-order valence-corrected chi connectivity index (χ3v) is 18.7. The molecule has 5 heteroatoms. The van der Waals surface area contributed by atoms with Crippen LogP contribution in [0.3, 0.4) is 0 Å². The van der Waals surface area contributed by atoms with Crippen molar-refractivity contribution < 1.29 is 37.9 Å². The molecule has 1 aromatic heterocycles. The summed E-state index contributed by atoms with van der Waals surface area (Å²) in [4.78, 5) is 5.67. The molecule has 0 atom stereocenters. The summed E-state index contributed by atoms with van der Waals surface area (Å²) in [6.45, 7) is 22.7. The second-order valence-corrected chi connectivity index (χ2v) is 30.5. The standard InChI is InChI=1S/C64H79NO3.2CH3.Hf/c1-36(2)44-12-14-49(53-24-46(61(5,6)7)26-55(59(53)66)63-30-38-16-39(31-63)18-40(17-38)32-63)51(22-44)57-28-48(68-11)29-58(65-57)52-23-45(37(3)4)13-15-50(52)54-25-47(62(8,9)10)27-56(60(54)67)64-33-41-19-42(34-64)21-43(20-41)35-64;;;/h12-15,22-29,36-43,66-67H,16-21,30-35H2,1-11H3;2*1H3;/q;;;+2/p-2. The summed E-state index contributed by atoms with van der Waals surface area (Å²) >= 11 is 0.0833. The number of hydrogen-bond acceptors (Lipinski definition) is 4. The van der Waals surface area contributed by atoms with E-state index in [1.807, 2.05) is 0 Å². The molecular formula is C66H83HfNO3. The van der Waals surface area contributed by atoms with E-state index in [0.29, 0.717) is 5.75 Å². The fourth-order valence-corrected chi connectivity index (χ4v) is 15.8. The molecule has 374 valence electrons. The molecule has 0 N–H and O–H groups in total. The molecule has 8 fully saturated rings. The number of nitrogens with zero attached hydrogens (tertiary/aromatic N) is 1. The predicted octanol–water partition coefficient (Wildman–Crippen LogP) is 16.8. The monoisotopic (exact) mass is 1120 g/mol. The van der Waals surface area contributed by atoms with Crippen molar-refractivity contribution in [1.29, 1.82) is 0 Å². The molecule has 0 spiro atoms. The van der Waals surface area contributed by atoms with Gasteiger partial charge in [-0.05, 0) is 214 Å². The van der Waals surface area contributed by atoms with Crippen molar-refractivity contribution in [2.75, 3.05) is 7.11 Å². The van der Waals surface area contributed by atoms with Crippen molar-refractivity contribution in [3.05, 3.63) is 106 Å². The van der Waals surface area contributed by atoms with Crippen molar-refractivity contribution in [2.45, 2.75) is 189 Å². The summed E-state index contributed by atoms with van der Waals surface area (Å²) in [5, 5.41) is 31.1. The van der Waals surface area contributed by atoms with Gasteiger partial charge in [0.2, 0.25) is 0 Å². The third kappa shape index (κ3) is 9.45. The second-order valence-electron chi connectivity index (χ2n) is 26.9. The molecule has 5 aromatic rings. The zero-order valence-electron chi connectivity index (χ0n) is 45.7. The summed E-state index contributed by atoms with van der Waals surface area (Å²) in [6.07, 6.45) is 14.9. The van der Waals surface area contributed by atoms with Gasteiger partial charge in [0.25, 0.3) is 0 Å². The summed E-state index contributed by atoms with van der Waals surface area (Å²) < 4.78 is 10.8. The van der Waals surface area contributed by atoms with Gasteiger partial charge in [-0.15, -0.1) is 0 Å². The zero-order valence-corrected chi connectivity index (χ0v) is 49.3. The molecule has 4 aromatic carbocycles. The van der Waals surface area contributed by atoms with Crippen molar-refractivity contribution in [3.63, 3.8) is 0 Å². The minimum atomic E-state index is -0.142. The van der Waals surface area contributed by atoms with E-state index in [-0.39, 0.29) is 67.9 Å². The van der Waals surface area contributed by atoms with Gasteiger partial charge in [0.1, 0.15) is 5.75 Å². The summed E-state index contributed by atoms with van der Waals surface area (Å²) in [7, 11) is 1.74. The minimum absolute atomic E-state index is 0.0423. The Morgan fingerprint density at radius 2 is 0.817 bits per heavy atom. The summed E-state index contributed by atoms with van der Waals surface area (Å²) in [5.74, 6) is 6.05. The van der Waals surface area contributed by atoms with Gasteiger partial charge in [0, 0.05) is 23.3 Å². The molecule has 0 amide bonds. The first-order valence-corrected chi connectivity index (χ1v) is 34.9. The van der Waals surface area contributed by atoms with Gasteiger partial charge in [-0.1, -0.05) is 129 Å². The number of methoxy groups -OCH3 is 1. The van der Waals surface area contributed by atoms with Crippen LogP contribution in [0.2, 0.25) is 9.36 Å². The normalized spacial score (nSPS) is 27.3. The average molecular weight is 1120 g/mol. The van der Waals surface area contributed by atoms with Gasteiger partial charge in [-0.3, -0.25) is 0 Å². The molecule has 0 unspecified atom stereocenters. The van der Waals surface area contributed by atoms with Crippen molar-refractivity contribution >= 4 is 0 Å². The van der Waals surface area contributed by atoms with Gasteiger partial charge in [-0.25, -0.2) is 4.98 Å². The number of aromatic nitrogens is 1. The number of rotatable bonds is 9. The Kier molecular flexibility index (Phi) is 13.5. The zero-order chi connectivity index (χ0) is 50.5. The molecule has 13 rings (SSSR count). The molecule has 71 heavy (non-hydrogen) atoms. The SMILES string of the molecule is COc1cc(-c2cc(C(C)C)ccc2-c2cc(C(C)(C)C)cc(C34CC5CC(CC(C5)C3)C4)c2[O-])nc(-c2cc(C(C)C)ccc2-c2cc(C(C)(C)C)cc(C34CC5CC(CC(C5)C3)C4)c2[O-])c1.[CH3][Hf+2][CH3]. The van der Waals surface area contributed by atoms with E-state index in [1.165, 1.54) is 60.8 Å². The van der Waals surface area contributed by atoms with Crippen LogP contribution in [0.25, 0.3) is 44.8 Å². The number of ether oxygens (including phenoxy) is 1. The Hall–Kier alpha value is -3.70. The molecule has 1 heterocycles. The first-order valence-electron chi connectivity index (χ1n) is 27.8. The van der Waals surface area contributed by atoms with Crippen LogP contribution in [0.15, 0.2) is 72.8 Å². The Labute approximate surface area is 440 Å². The van der Waals surface area contributed by atoms with E-state index in [4.69, 9.17) is 9.72 Å². The van der Waals surface area contributed by atoms with Crippen LogP contribution in [-0.2, 0) is 44.6 Å². The van der Waals surface area contributed by atoms with Crippen LogP contribution < -0.4 is 14.9 Å². The maximum atomic E-state index is 15.6. The van der Waals surface area contributed by atoms with E-state index in [2.05, 4.69) is 151 Å². The molecule has 8 saturated carbocycles. The summed E-state index contributed by atoms with van der Waals surface area (Å²) in [5.41, 5.74) is 13.5. The van der Waals surface area contributed by atoms with Crippen molar-refractivity contribution in [2.24, 2.45) is 35.5 Å². The molecule has 0 radical (unpaired) electrons. The van der Waals surface area contributed by atoms with E-state index >= 15 is 10.2 Å². The second kappa shape index (κ2) is 18.9. The van der Waals surface area contributed by atoms with Crippen LogP contribution in [0.5, 0.6) is 17.2 Å². The predicted molar refractivity (Wildman–Crippen MR) is 288 cm³/mol. The van der Waals surface area contributed by atoms with E-state index in [1.54, 1.807) is 7.11 Å². The molecule has 0 saturated heterocycles. The van der Waals surface area contributed by atoms with Gasteiger partial charge in [-0.2, -0.15) is 0 Å². The molecule has 8 aliphatic carbocycles. The molecule has 4 nitrogen and oxygen atoms in total. The average Bonchev–Trinajstić information content (AvgIpc) is 3.29. The Morgan fingerprint density at radius 1 is 0.493 bits per heavy atom. The first kappa shape index (κ1) is 50.8. The summed E-state index contributed by atoms with van der Waals surface area (Å²) in [6, 6.07) is 26.6. The third-order valence-electron chi connectivity index (χ3n) is 18.7. The molecule has 8 aliphatic rings. The van der Waals surface area contributed by atoms with Gasteiger partial charge in [0.15, 0.2) is 0 Å². The van der Waals surface area contributed by atoms with Gasteiger partial charge < -0.3 is 14.9 Å². The maximum absolute atomic E-state index is 15.6. The Bertz CT molecular complexity index is 2560. The number of pyridine rings is 1. The van der Waals surface area contributed by atoms with Crippen molar-refractivity contribution in [3.8, 4) is 62.0 Å². The van der Waals surface area contributed by atoms with E-state index in [0.717, 1.165) is 130 Å². The van der Waals surface area contributed by atoms with Crippen LogP contribution in [0.1, 0.15) is 192 Å². The number of benzene rings is 4. The Balaban J connectivity index is 0.00000189. The van der Waals surface area contributed by atoms with Crippen LogP contribution >= 0.6 is 0 Å². The quantitative estimate of drug-likeness (QED) is 0.138. The molecule has 0 aliphatic heterocycles. The topological polar surface area (TPSA) is 68.2 Å². The van der Waals surface area contributed by atoms with Crippen molar-refractivity contribution in [1.82, 2.24) is 4.98 Å². The molecule has 8 bridgehead atoms. The van der Waals surface area contributed by atoms with Crippen LogP contribution in [0.4, 0.5) is 0 Å². The van der Waals surface area contributed by atoms with E-state index in [9.17, 15) is 0 Å². The fraction of sp³-hybridized carbons (Fsp3) is 0.561. The van der Waals surface area contributed by atoms with Crippen LogP contribution in [-0.4, -0.2) is 12.1 Å². The van der Waals surface area contributed by atoms with E-state index < -0.39 is 0 Å². The molecular weight excluding hydrogens is 1030 g/mol. The first-order chi connectivity index (χ1) is 33.6. The van der Waals surface area contributed by atoms with Crippen LogP contribution in [0, 0.1) is 35.5 Å². The van der Waals surface area contributed by atoms with Gasteiger partial charge in [0.05, 0.1) is 18.5 Å². The Morgan fingerprint density at radius 3 is 1.10 bits per heavy atom. The van der Waals surface area contributed by atoms with Gasteiger partial charge >= 0.3 is 32.3 Å². The fourth-order valence-electron chi connectivity index (χ4n) is 15.8. The number of hydrogen-bond donors (Lipinski definition) is 0.